The van der Waals surface area contributed by atoms with Gasteiger partial charge in [-0.3, -0.25) is 0 Å². The largest absolute Gasteiger partial charge is 0.480 e. The molecule has 0 radical (unpaired) electrons. The van der Waals surface area contributed by atoms with Gasteiger partial charge in [0.2, 0.25) is 0 Å². The Morgan fingerprint density at radius 3 is 2.24 bits per heavy atom. The number of fused-ring (bicyclic) bond motifs is 3. The van der Waals surface area contributed by atoms with Gasteiger partial charge in [-0.25, -0.2) is 9.59 Å². The summed E-state index contributed by atoms with van der Waals surface area (Å²) in [5.74, 6) is -1.22. The molecule has 7 heteroatoms. The van der Waals surface area contributed by atoms with Gasteiger partial charge in [-0.2, -0.15) is 0 Å². The second-order valence-corrected chi connectivity index (χ2v) is 8.16. The van der Waals surface area contributed by atoms with Crippen molar-refractivity contribution in [2.24, 2.45) is 0 Å². The van der Waals surface area contributed by atoms with E-state index in [9.17, 15) is 14.7 Å². The molecule has 4 rings (SSSR count). The lowest BCUT2D eigenvalue weighted by atomic mass is 9.98. The summed E-state index contributed by atoms with van der Waals surface area (Å²) in [6.45, 7) is 0.131. The third-order valence-electron chi connectivity index (χ3n) is 5.01. The number of thiophene rings is 1. The van der Waals surface area contributed by atoms with Crippen LogP contribution in [0.5, 0.6) is 0 Å². The van der Waals surface area contributed by atoms with Crippen LogP contribution in [0.2, 0.25) is 5.02 Å². The first-order chi connectivity index (χ1) is 14.0. The predicted octanol–water partition coefficient (Wildman–Crippen LogP) is 4.94. The quantitative estimate of drug-likeness (QED) is 0.584. The number of aliphatic carboxylic acids is 1. The average molecular weight is 428 g/mol. The van der Waals surface area contributed by atoms with Crippen molar-refractivity contribution in [3.05, 3.63) is 81.0 Å². The third kappa shape index (κ3) is 3.99. The molecule has 1 heterocycles. The fourth-order valence-electron chi connectivity index (χ4n) is 3.64. The van der Waals surface area contributed by atoms with Gasteiger partial charge in [0.05, 0.1) is 5.02 Å². The Bertz CT molecular complexity index is 1020. The highest BCUT2D eigenvalue weighted by molar-refractivity contribution is 7.10. The monoisotopic (exact) mass is 427 g/mol. The van der Waals surface area contributed by atoms with Crippen molar-refractivity contribution in [2.75, 3.05) is 6.61 Å². The number of carbonyl (C=O) groups excluding carboxylic acids is 1. The number of nitrogens with one attached hydrogen (secondary N) is 1. The Morgan fingerprint density at radius 2 is 1.69 bits per heavy atom. The van der Waals surface area contributed by atoms with Gasteiger partial charge in [-0.1, -0.05) is 60.1 Å². The van der Waals surface area contributed by atoms with Crippen LogP contribution in [0, 0.1) is 0 Å². The van der Waals surface area contributed by atoms with E-state index in [1.54, 1.807) is 11.4 Å². The van der Waals surface area contributed by atoms with Gasteiger partial charge in [0, 0.05) is 17.2 Å². The Balaban J connectivity index is 1.44. The molecule has 1 atom stereocenters. The van der Waals surface area contributed by atoms with Crippen LogP contribution in [0.25, 0.3) is 11.1 Å². The topological polar surface area (TPSA) is 75.6 Å². The fourth-order valence-corrected chi connectivity index (χ4v) is 4.80. The molecular weight excluding hydrogens is 410 g/mol. The number of carboxylic acid groups (broad SMARTS) is 1. The molecule has 0 bridgehead atoms. The molecule has 0 aliphatic heterocycles. The first kappa shape index (κ1) is 19.5. The molecule has 1 aromatic heterocycles. The van der Waals surface area contributed by atoms with Gasteiger partial charge >= 0.3 is 12.1 Å². The van der Waals surface area contributed by atoms with Crippen LogP contribution in [0.15, 0.2) is 60.0 Å². The highest BCUT2D eigenvalue weighted by Crippen LogP contribution is 2.44. The molecule has 1 amide bonds. The van der Waals surface area contributed by atoms with Crippen molar-refractivity contribution in [1.82, 2.24) is 5.32 Å². The summed E-state index contributed by atoms with van der Waals surface area (Å²) in [7, 11) is 0. The molecule has 2 aromatic carbocycles. The molecule has 148 valence electrons. The van der Waals surface area contributed by atoms with Gasteiger partial charge in [0.25, 0.3) is 0 Å². The molecule has 0 saturated carbocycles. The van der Waals surface area contributed by atoms with Crippen molar-refractivity contribution in [1.29, 1.82) is 0 Å². The Morgan fingerprint density at radius 1 is 1.07 bits per heavy atom. The van der Waals surface area contributed by atoms with Gasteiger partial charge in [0.15, 0.2) is 0 Å². The van der Waals surface area contributed by atoms with E-state index in [2.05, 4.69) is 17.4 Å². The normalized spacial score (nSPS) is 13.4. The number of alkyl carbamates (subject to hydrolysis) is 1. The van der Waals surface area contributed by atoms with Crippen LogP contribution in [-0.2, 0) is 16.0 Å². The number of halogens is 1. The summed E-state index contributed by atoms with van der Waals surface area (Å²) in [5, 5.41) is 14.2. The van der Waals surface area contributed by atoms with E-state index in [-0.39, 0.29) is 18.9 Å². The lowest BCUT2D eigenvalue weighted by Gasteiger charge is -2.17. The molecule has 29 heavy (non-hydrogen) atoms. The maximum absolute atomic E-state index is 12.3. The molecule has 3 aromatic rings. The Kier molecular flexibility index (Phi) is 5.56. The number of hydrogen-bond donors (Lipinski definition) is 2. The van der Waals surface area contributed by atoms with Crippen molar-refractivity contribution < 1.29 is 19.4 Å². The number of amides is 1. The lowest BCUT2D eigenvalue weighted by Crippen LogP contribution is -2.42. The minimum Gasteiger partial charge on any atom is -0.480 e. The zero-order valence-electron chi connectivity index (χ0n) is 15.3. The highest BCUT2D eigenvalue weighted by Gasteiger charge is 2.30. The second-order valence-electron chi connectivity index (χ2n) is 6.76. The molecule has 2 N–H and O–H groups in total. The molecule has 5 nitrogen and oxygen atoms in total. The molecule has 1 aliphatic rings. The minimum atomic E-state index is -1.14. The van der Waals surface area contributed by atoms with Gasteiger partial charge in [-0.15, -0.1) is 11.3 Å². The zero-order valence-corrected chi connectivity index (χ0v) is 16.9. The molecule has 0 fully saturated rings. The van der Waals surface area contributed by atoms with E-state index in [4.69, 9.17) is 16.3 Å². The van der Waals surface area contributed by atoms with E-state index in [1.165, 1.54) is 11.3 Å². The van der Waals surface area contributed by atoms with Gasteiger partial charge in [0.1, 0.15) is 12.6 Å². The summed E-state index contributed by atoms with van der Waals surface area (Å²) < 4.78 is 5.43. The van der Waals surface area contributed by atoms with Gasteiger partial charge in [-0.05, 0) is 33.7 Å². The summed E-state index contributed by atoms with van der Waals surface area (Å²) in [6, 6.07) is 16.7. The van der Waals surface area contributed by atoms with E-state index in [0.717, 1.165) is 22.3 Å². The van der Waals surface area contributed by atoms with Crippen molar-refractivity contribution in [2.45, 2.75) is 18.4 Å². The molecule has 0 spiro atoms. The van der Waals surface area contributed by atoms with Crippen molar-refractivity contribution in [3.8, 4) is 11.1 Å². The zero-order chi connectivity index (χ0) is 20.4. The third-order valence-corrected chi connectivity index (χ3v) is 6.42. The molecule has 0 saturated heterocycles. The van der Waals surface area contributed by atoms with E-state index < -0.39 is 18.1 Å². The highest BCUT2D eigenvalue weighted by atomic mass is 35.5. The smallest absolute Gasteiger partial charge is 0.407 e. The van der Waals surface area contributed by atoms with Crippen LogP contribution >= 0.6 is 22.9 Å². The molecular formula is C22H18ClNO4S. The Hall–Kier alpha value is -2.83. The SMILES string of the molecule is O=C(NC(Cc1sccc1Cl)C(=O)O)OCC1c2ccccc2-c2ccccc21. The molecule has 1 aliphatic carbocycles. The number of carbonyl (C=O) groups is 2. The van der Waals surface area contributed by atoms with E-state index >= 15 is 0 Å². The predicted molar refractivity (Wildman–Crippen MR) is 113 cm³/mol. The number of carboxylic acids is 1. The summed E-state index contributed by atoms with van der Waals surface area (Å²) in [5.41, 5.74) is 4.46. The number of hydrogen-bond acceptors (Lipinski definition) is 4. The summed E-state index contributed by atoms with van der Waals surface area (Å²) >= 11 is 7.39. The van der Waals surface area contributed by atoms with Crippen LogP contribution in [0.4, 0.5) is 4.79 Å². The summed E-state index contributed by atoms with van der Waals surface area (Å²) in [4.78, 5) is 24.6. The molecule has 1 unspecified atom stereocenters. The number of ether oxygens (including phenoxy) is 1. The van der Waals surface area contributed by atoms with Crippen molar-refractivity contribution in [3.63, 3.8) is 0 Å². The van der Waals surface area contributed by atoms with Crippen LogP contribution in [0.1, 0.15) is 21.9 Å². The second kappa shape index (κ2) is 8.27. The maximum Gasteiger partial charge on any atom is 0.407 e. The van der Waals surface area contributed by atoms with E-state index in [1.807, 2.05) is 36.4 Å². The average Bonchev–Trinajstić information content (AvgIpc) is 3.27. The van der Waals surface area contributed by atoms with E-state index in [0.29, 0.717) is 9.90 Å². The Labute approximate surface area is 176 Å². The van der Waals surface area contributed by atoms with Crippen LogP contribution in [0.3, 0.4) is 0 Å². The maximum atomic E-state index is 12.3. The lowest BCUT2D eigenvalue weighted by molar-refractivity contribution is -0.139. The standard InChI is InChI=1S/C22H18ClNO4S/c23-18-9-10-29-20(18)11-19(21(25)26)24-22(27)28-12-17-15-7-3-1-5-13(15)14-6-2-4-8-16(14)17/h1-10,17,19H,11-12H2,(H,24,27)(H,25,26). The number of benzene rings is 2. The van der Waals surface area contributed by atoms with Crippen LogP contribution in [-0.4, -0.2) is 29.8 Å². The van der Waals surface area contributed by atoms with Crippen molar-refractivity contribution >= 4 is 35.0 Å². The van der Waals surface area contributed by atoms with Crippen LogP contribution < -0.4 is 5.32 Å². The first-order valence-electron chi connectivity index (χ1n) is 9.10. The first-order valence-corrected chi connectivity index (χ1v) is 10.4. The fraction of sp³-hybridized carbons (Fsp3) is 0.182. The van der Waals surface area contributed by atoms with Gasteiger partial charge < -0.3 is 15.2 Å². The minimum absolute atomic E-state index is 0.0804. The number of rotatable bonds is 6. The summed E-state index contributed by atoms with van der Waals surface area (Å²) in [6.07, 6.45) is -0.650.